The number of amides is 2. The molecule has 0 aromatic heterocycles. The zero-order valence-electron chi connectivity index (χ0n) is 15.5. The quantitative estimate of drug-likeness (QED) is 0.522. The molecule has 1 saturated carbocycles. The number of anilines is 1. The molecule has 150 valence electrons. The molecule has 2 amide bonds. The van der Waals surface area contributed by atoms with Crippen molar-refractivity contribution in [2.45, 2.75) is 31.8 Å². The van der Waals surface area contributed by atoms with Crippen LogP contribution >= 0.6 is 11.6 Å². The number of benzene rings is 1. The van der Waals surface area contributed by atoms with E-state index < -0.39 is 5.97 Å². The van der Waals surface area contributed by atoms with E-state index in [1.807, 2.05) is 11.8 Å². The van der Waals surface area contributed by atoms with Crippen LogP contribution in [0.1, 0.15) is 19.8 Å². The van der Waals surface area contributed by atoms with Crippen LogP contribution in [0.25, 0.3) is 0 Å². The Bertz CT molecular complexity index is 652. The number of nitrogens with zero attached hydrogens (tertiary/aromatic N) is 1. The van der Waals surface area contributed by atoms with Crippen LogP contribution in [-0.2, 0) is 9.53 Å². The van der Waals surface area contributed by atoms with Crippen LogP contribution in [0.3, 0.4) is 0 Å². The van der Waals surface area contributed by atoms with Crippen molar-refractivity contribution in [2.24, 2.45) is 0 Å². The molecule has 0 saturated heterocycles. The van der Waals surface area contributed by atoms with Gasteiger partial charge < -0.3 is 25.2 Å². The highest BCUT2D eigenvalue weighted by atomic mass is 35.5. The van der Waals surface area contributed by atoms with Crippen molar-refractivity contribution in [1.29, 1.82) is 0 Å². The fourth-order valence-corrected chi connectivity index (χ4v) is 3.19. The number of hydrogen-bond acceptors (Lipinski definition) is 5. The minimum atomic E-state index is -0.836. The number of methoxy groups -OCH3 is 1. The molecule has 1 aromatic rings. The lowest BCUT2D eigenvalue weighted by atomic mass is 9.85. The van der Waals surface area contributed by atoms with Gasteiger partial charge in [0.25, 0.3) is 0 Å². The van der Waals surface area contributed by atoms with Crippen molar-refractivity contribution < 1.29 is 24.2 Å². The molecule has 0 unspecified atom stereocenters. The van der Waals surface area contributed by atoms with Crippen molar-refractivity contribution in [1.82, 2.24) is 10.2 Å². The largest absolute Gasteiger partial charge is 0.490 e. The van der Waals surface area contributed by atoms with Gasteiger partial charge in [-0.3, -0.25) is 9.69 Å². The van der Waals surface area contributed by atoms with Gasteiger partial charge in [0.1, 0.15) is 12.4 Å². The molecule has 8 nitrogen and oxygen atoms in total. The Labute approximate surface area is 163 Å². The molecular formula is C18H26ClN3O5. The average Bonchev–Trinajstić information content (AvgIpc) is 2.58. The fourth-order valence-electron chi connectivity index (χ4n) is 2.96. The minimum Gasteiger partial charge on any atom is -0.490 e. The molecular weight excluding hydrogens is 374 g/mol. The lowest BCUT2D eigenvalue weighted by molar-refractivity contribution is -0.139. The average molecular weight is 400 g/mol. The summed E-state index contributed by atoms with van der Waals surface area (Å²) in [6.45, 7) is 3.49. The van der Waals surface area contributed by atoms with Gasteiger partial charge in [-0.15, -0.1) is 0 Å². The Balaban J connectivity index is 1.76. The first-order valence-corrected chi connectivity index (χ1v) is 9.25. The van der Waals surface area contributed by atoms with Crippen LogP contribution in [0.15, 0.2) is 18.2 Å². The van der Waals surface area contributed by atoms with E-state index in [0.717, 1.165) is 12.8 Å². The van der Waals surface area contributed by atoms with Gasteiger partial charge in [0.2, 0.25) is 0 Å². The Kier molecular flexibility index (Phi) is 8.15. The SMILES string of the molecule is CCN(CC(=O)O)C1CC(NC(=O)Nc2ccc(OCCOC)c(Cl)c2)C1. The van der Waals surface area contributed by atoms with E-state index in [-0.39, 0.29) is 24.7 Å². The molecule has 1 fully saturated rings. The summed E-state index contributed by atoms with van der Waals surface area (Å²) in [6.07, 6.45) is 1.48. The molecule has 0 radical (unpaired) electrons. The van der Waals surface area contributed by atoms with Crippen LogP contribution < -0.4 is 15.4 Å². The highest BCUT2D eigenvalue weighted by Crippen LogP contribution is 2.28. The maximum Gasteiger partial charge on any atom is 0.319 e. The predicted octanol–water partition coefficient (Wildman–Crippen LogP) is 2.42. The van der Waals surface area contributed by atoms with Crippen LogP contribution in [0.2, 0.25) is 5.02 Å². The van der Waals surface area contributed by atoms with Crippen molar-refractivity contribution >= 4 is 29.3 Å². The Morgan fingerprint density at radius 2 is 2.07 bits per heavy atom. The van der Waals surface area contributed by atoms with Gasteiger partial charge in [0.15, 0.2) is 0 Å². The van der Waals surface area contributed by atoms with E-state index in [2.05, 4.69) is 10.6 Å². The van der Waals surface area contributed by atoms with Gasteiger partial charge in [-0.25, -0.2) is 4.79 Å². The number of carbonyl (C=O) groups excluding carboxylic acids is 1. The Morgan fingerprint density at radius 3 is 2.67 bits per heavy atom. The third-order valence-electron chi connectivity index (χ3n) is 4.44. The van der Waals surface area contributed by atoms with Crippen LogP contribution in [0.4, 0.5) is 10.5 Å². The topological polar surface area (TPSA) is 100 Å². The summed E-state index contributed by atoms with van der Waals surface area (Å²) in [5.74, 6) is -0.308. The van der Waals surface area contributed by atoms with E-state index in [9.17, 15) is 9.59 Å². The van der Waals surface area contributed by atoms with Crippen molar-refractivity contribution in [2.75, 3.05) is 38.7 Å². The summed E-state index contributed by atoms with van der Waals surface area (Å²) in [4.78, 5) is 24.9. The highest BCUT2D eigenvalue weighted by molar-refractivity contribution is 6.32. The first kappa shape index (κ1) is 21.3. The second-order valence-electron chi connectivity index (χ2n) is 6.36. The normalized spacial score (nSPS) is 18.7. The summed E-state index contributed by atoms with van der Waals surface area (Å²) in [7, 11) is 1.59. The molecule has 1 aliphatic carbocycles. The van der Waals surface area contributed by atoms with Crippen LogP contribution in [0.5, 0.6) is 5.75 Å². The maximum atomic E-state index is 12.1. The molecule has 9 heteroatoms. The molecule has 0 heterocycles. The number of carboxylic acids is 1. The molecule has 2 rings (SSSR count). The van der Waals surface area contributed by atoms with Gasteiger partial charge >= 0.3 is 12.0 Å². The summed E-state index contributed by atoms with van der Waals surface area (Å²) in [5, 5.41) is 14.9. The molecule has 3 N–H and O–H groups in total. The van der Waals surface area contributed by atoms with E-state index in [1.165, 1.54) is 0 Å². The van der Waals surface area contributed by atoms with Gasteiger partial charge in [0.05, 0.1) is 18.2 Å². The zero-order valence-corrected chi connectivity index (χ0v) is 16.3. The monoisotopic (exact) mass is 399 g/mol. The number of carbonyl (C=O) groups is 2. The molecule has 1 aliphatic rings. The van der Waals surface area contributed by atoms with Crippen molar-refractivity contribution in [3.05, 3.63) is 23.2 Å². The summed E-state index contributed by atoms with van der Waals surface area (Å²) in [5.41, 5.74) is 0.563. The van der Waals surface area contributed by atoms with Crippen LogP contribution in [-0.4, -0.2) is 67.5 Å². The molecule has 0 bridgehead atoms. The minimum absolute atomic E-state index is 0.0252. The maximum absolute atomic E-state index is 12.1. The number of likely N-dealkylation sites (N-methyl/N-ethyl adjacent to an activating group) is 1. The lowest BCUT2D eigenvalue weighted by Crippen LogP contribution is -2.55. The number of aliphatic carboxylic acids is 1. The smallest absolute Gasteiger partial charge is 0.319 e. The molecule has 0 spiro atoms. The first-order chi connectivity index (χ1) is 12.9. The van der Waals surface area contributed by atoms with E-state index in [4.69, 9.17) is 26.2 Å². The zero-order chi connectivity index (χ0) is 19.8. The summed E-state index contributed by atoms with van der Waals surface area (Å²) < 4.78 is 10.4. The van der Waals surface area contributed by atoms with E-state index >= 15 is 0 Å². The second kappa shape index (κ2) is 10.3. The van der Waals surface area contributed by atoms with E-state index in [1.54, 1.807) is 25.3 Å². The van der Waals surface area contributed by atoms with Crippen LogP contribution in [0, 0.1) is 0 Å². The summed E-state index contributed by atoms with van der Waals surface area (Å²) in [6, 6.07) is 4.93. The molecule has 1 aromatic carbocycles. The number of urea groups is 1. The molecule has 0 atom stereocenters. The third kappa shape index (κ3) is 6.57. The number of carboxylic acid groups (broad SMARTS) is 1. The van der Waals surface area contributed by atoms with Gasteiger partial charge in [-0.1, -0.05) is 18.5 Å². The standard InChI is InChI=1S/C18H26ClN3O5/c1-3-22(11-17(23)24)14-8-13(9-14)21-18(25)20-12-4-5-16(15(19)10-12)27-7-6-26-2/h4-5,10,13-14H,3,6-9,11H2,1-2H3,(H,23,24)(H2,20,21,25). The number of rotatable bonds is 10. The second-order valence-corrected chi connectivity index (χ2v) is 6.77. The van der Waals surface area contributed by atoms with Gasteiger partial charge in [-0.05, 0) is 37.6 Å². The highest BCUT2D eigenvalue weighted by Gasteiger charge is 2.34. The van der Waals surface area contributed by atoms with Gasteiger partial charge in [-0.2, -0.15) is 0 Å². The number of halogens is 1. The fraction of sp³-hybridized carbons (Fsp3) is 0.556. The Morgan fingerprint density at radius 1 is 1.33 bits per heavy atom. The van der Waals surface area contributed by atoms with Crippen molar-refractivity contribution in [3.63, 3.8) is 0 Å². The summed E-state index contributed by atoms with van der Waals surface area (Å²) >= 11 is 6.16. The molecule has 27 heavy (non-hydrogen) atoms. The Hall–Kier alpha value is -2.03. The molecule has 0 aliphatic heterocycles. The number of ether oxygens (including phenoxy) is 2. The van der Waals surface area contributed by atoms with E-state index in [0.29, 0.717) is 36.2 Å². The lowest BCUT2D eigenvalue weighted by Gasteiger charge is -2.42. The third-order valence-corrected chi connectivity index (χ3v) is 4.74. The number of nitrogens with one attached hydrogen (secondary N) is 2. The van der Waals surface area contributed by atoms with Gasteiger partial charge in [0, 0.05) is 24.9 Å². The van der Waals surface area contributed by atoms with Crippen molar-refractivity contribution in [3.8, 4) is 5.75 Å². The number of hydrogen-bond donors (Lipinski definition) is 3. The predicted molar refractivity (Wildman–Crippen MR) is 103 cm³/mol. The first-order valence-electron chi connectivity index (χ1n) is 8.87.